The highest BCUT2D eigenvalue weighted by Crippen LogP contribution is 2.27. The smallest absolute Gasteiger partial charge is 0.227 e. The summed E-state index contributed by atoms with van der Waals surface area (Å²) in [7, 11) is 0. The molecule has 0 aliphatic rings. The van der Waals surface area contributed by atoms with Crippen LogP contribution in [0.1, 0.15) is 6.92 Å². The van der Waals surface area contributed by atoms with Crippen molar-refractivity contribution in [2.45, 2.75) is 6.92 Å². The average Bonchev–Trinajstić information content (AvgIpc) is 2.98. The van der Waals surface area contributed by atoms with Crippen LogP contribution < -0.4 is 5.32 Å². The average molecular weight is 403 g/mol. The lowest BCUT2D eigenvalue weighted by Gasteiger charge is -2.08. The summed E-state index contributed by atoms with van der Waals surface area (Å²) in [6.07, 6.45) is 9.20. The molecule has 0 aliphatic heterocycles. The summed E-state index contributed by atoms with van der Waals surface area (Å²) < 4.78 is 2.81. The van der Waals surface area contributed by atoms with Crippen molar-refractivity contribution in [1.82, 2.24) is 19.6 Å². The Balaban J connectivity index is 2.08. The van der Waals surface area contributed by atoms with Crippen molar-refractivity contribution >= 4 is 34.1 Å². The SMILES string of the molecule is C=C/C(=C\C)Nc1ncc(I)c(-c2cnn3ccccc23)n1. The molecule has 3 heterocycles. The number of nitrogens with one attached hydrogen (secondary N) is 1. The molecule has 1 N–H and O–H groups in total. The fourth-order valence-electron chi connectivity index (χ4n) is 2.10. The number of allylic oxidation sites excluding steroid dienone is 2. The maximum absolute atomic E-state index is 4.63. The van der Waals surface area contributed by atoms with Gasteiger partial charge in [-0.25, -0.2) is 14.5 Å². The minimum Gasteiger partial charge on any atom is -0.325 e. The number of aromatic nitrogens is 4. The largest absolute Gasteiger partial charge is 0.325 e. The van der Waals surface area contributed by atoms with E-state index in [-0.39, 0.29) is 0 Å². The third-order valence-corrected chi connectivity index (χ3v) is 4.00. The van der Waals surface area contributed by atoms with Crippen molar-refractivity contribution in [3.8, 4) is 11.3 Å². The lowest BCUT2D eigenvalue weighted by Crippen LogP contribution is -2.03. The fourth-order valence-corrected chi connectivity index (χ4v) is 2.65. The number of hydrogen-bond donors (Lipinski definition) is 1. The second kappa shape index (κ2) is 6.27. The van der Waals surface area contributed by atoms with Gasteiger partial charge in [-0.05, 0) is 47.7 Å². The highest BCUT2D eigenvalue weighted by Gasteiger charge is 2.13. The molecule has 3 aromatic heterocycles. The topological polar surface area (TPSA) is 55.1 Å². The Hall–Kier alpha value is -2.22. The Morgan fingerprint density at radius 3 is 3.00 bits per heavy atom. The van der Waals surface area contributed by atoms with Gasteiger partial charge in [0.1, 0.15) is 0 Å². The molecule has 0 aromatic carbocycles. The summed E-state index contributed by atoms with van der Waals surface area (Å²) in [5.41, 5.74) is 3.72. The Labute approximate surface area is 141 Å². The normalized spacial score (nSPS) is 11.6. The molecule has 6 heteroatoms. The van der Waals surface area contributed by atoms with Crippen LogP contribution in [0, 0.1) is 3.57 Å². The summed E-state index contributed by atoms with van der Waals surface area (Å²) in [4.78, 5) is 8.95. The van der Waals surface area contributed by atoms with E-state index in [1.165, 1.54) is 0 Å². The van der Waals surface area contributed by atoms with Gasteiger partial charge in [0, 0.05) is 23.7 Å². The Morgan fingerprint density at radius 1 is 1.36 bits per heavy atom. The van der Waals surface area contributed by atoms with Gasteiger partial charge in [-0.2, -0.15) is 5.10 Å². The molecule has 0 radical (unpaired) electrons. The van der Waals surface area contributed by atoms with E-state index in [4.69, 9.17) is 0 Å². The van der Waals surface area contributed by atoms with Gasteiger partial charge in [-0.15, -0.1) is 0 Å². The van der Waals surface area contributed by atoms with E-state index in [1.54, 1.807) is 12.3 Å². The Kier molecular flexibility index (Phi) is 4.19. The van der Waals surface area contributed by atoms with Crippen LogP contribution in [0.2, 0.25) is 0 Å². The van der Waals surface area contributed by atoms with E-state index < -0.39 is 0 Å². The summed E-state index contributed by atoms with van der Waals surface area (Å²) in [5, 5.41) is 7.51. The number of hydrogen-bond acceptors (Lipinski definition) is 4. The van der Waals surface area contributed by atoms with Crippen LogP contribution in [0.3, 0.4) is 0 Å². The number of halogens is 1. The molecule has 0 spiro atoms. The minimum absolute atomic E-state index is 0.540. The molecule has 110 valence electrons. The zero-order chi connectivity index (χ0) is 15.5. The lowest BCUT2D eigenvalue weighted by molar-refractivity contribution is 0.961. The lowest BCUT2D eigenvalue weighted by atomic mass is 10.2. The molecule has 0 saturated carbocycles. The van der Waals surface area contributed by atoms with Crippen LogP contribution in [0.15, 0.2) is 61.2 Å². The summed E-state index contributed by atoms with van der Waals surface area (Å²) in [5.74, 6) is 0.540. The monoisotopic (exact) mass is 403 g/mol. The van der Waals surface area contributed by atoms with Crippen LogP contribution >= 0.6 is 22.6 Å². The van der Waals surface area contributed by atoms with Crippen molar-refractivity contribution in [2.75, 3.05) is 5.32 Å². The maximum atomic E-state index is 4.63. The molecule has 3 rings (SSSR count). The van der Waals surface area contributed by atoms with Gasteiger partial charge in [0.25, 0.3) is 0 Å². The summed E-state index contributed by atoms with van der Waals surface area (Å²) in [6.45, 7) is 5.69. The highest BCUT2D eigenvalue weighted by atomic mass is 127. The molecule has 5 nitrogen and oxygen atoms in total. The molecule has 0 amide bonds. The molecule has 0 bridgehead atoms. The predicted octanol–water partition coefficient (Wildman–Crippen LogP) is 3.90. The molecule has 0 aliphatic carbocycles. The molecule has 0 atom stereocenters. The highest BCUT2D eigenvalue weighted by molar-refractivity contribution is 14.1. The predicted molar refractivity (Wildman–Crippen MR) is 96.5 cm³/mol. The summed E-state index contributed by atoms with van der Waals surface area (Å²) >= 11 is 2.24. The first-order valence-corrected chi connectivity index (χ1v) is 7.82. The molecule has 22 heavy (non-hydrogen) atoms. The van der Waals surface area contributed by atoms with Gasteiger partial charge in [0.2, 0.25) is 5.95 Å². The van der Waals surface area contributed by atoms with Crippen molar-refractivity contribution in [3.05, 3.63) is 64.8 Å². The third-order valence-electron chi connectivity index (χ3n) is 3.21. The van der Waals surface area contributed by atoms with E-state index in [2.05, 4.69) is 49.6 Å². The van der Waals surface area contributed by atoms with Crippen molar-refractivity contribution < 1.29 is 0 Å². The molecular weight excluding hydrogens is 389 g/mol. The molecule has 0 unspecified atom stereocenters. The minimum atomic E-state index is 0.540. The molecular formula is C16H14IN5. The Morgan fingerprint density at radius 2 is 2.23 bits per heavy atom. The van der Waals surface area contributed by atoms with Crippen LogP contribution in [0.4, 0.5) is 5.95 Å². The maximum Gasteiger partial charge on any atom is 0.227 e. The van der Waals surface area contributed by atoms with Gasteiger partial charge in [0.15, 0.2) is 0 Å². The third kappa shape index (κ3) is 2.74. The second-order valence-electron chi connectivity index (χ2n) is 4.55. The van der Waals surface area contributed by atoms with Gasteiger partial charge in [0.05, 0.1) is 21.0 Å². The van der Waals surface area contributed by atoms with Crippen LogP contribution in [-0.4, -0.2) is 19.6 Å². The Bertz CT molecular complexity index is 866. The number of pyridine rings is 1. The first-order valence-electron chi connectivity index (χ1n) is 6.74. The zero-order valence-electron chi connectivity index (χ0n) is 12.0. The first kappa shape index (κ1) is 14.7. The number of anilines is 1. The van der Waals surface area contributed by atoms with Gasteiger partial charge >= 0.3 is 0 Å². The molecule has 0 saturated heterocycles. The number of rotatable bonds is 4. The van der Waals surface area contributed by atoms with E-state index in [0.29, 0.717) is 5.95 Å². The van der Waals surface area contributed by atoms with Crippen molar-refractivity contribution in [1.29, 1.82) is 0 Å². The van der Waals surface area contributed by atoms with E-state index in [9.17, 15) is 0 Å². The van der Waals surface area contributed by atoms with E-state index >= 15 is 0 Å². The molecule has 3 aromatic rings. The standard InChI is InChI=1S/C16H14IN5/c1-3-11(4-2)20-16-18-10-13(17)15(21-16)12-9-19-22-8-6-5-7-14(12)22/h3-10H,1H2,2H3,(H,18,20,21)/b11-4+. The van der Waals surface area contributed by atoms with Gasteiger partial charge in [-0.1, -0.05) is 18.7 Å². The second-order valence-corrected chi connectivity index (χ2v) is 5.71. The number of nitrogens with zero attached hydrogens (tertiary/aromatic N) is 4. The van der Waals surface area contributed by atoms with E-state index in [1.807, 2.05) is 48.1 Å². The van der Waals surface area contributed by atoms with Crippen LogP contribution in [0.5, 0.6) is 0 Å². The van der Waals surface area contributed by atoms with E-state index in [0.717, 1.165) is 26.0 Å². The van der Waals surface area contributed by atoms with Crippen molar-refractivity contribution in [2.24, 2.45) is 0 Å². The van der Waals surface area contributed by atoms with Crippen LogP contribution in [-0.2, 0) is 0 Å². The van der Waals surface area contributed by atoms with Gasteiger partial charge < -0.3 is 5.32 Å². The van der Waals surface area contributed by atoms with Gasteiger partial charge in [-0.3, -0.25) is 0 Å². The fraction of sp³-hybridized carbons (Fsp3) is 0.0625. The first-order chi connectivity index (χ1) is 10.7. The van der Waals surface area contributed by atoms with Crippen LogP contribution in [0.25, 0.3) is 16.8 Å². The zero-order valence-corrected chi connectivity index (χ0v) is 14.2. The van der Waals surface area contributed by atoms with Crippen molar-refractivity contribution in [3.63, 3.8) is 0 Å². The molecule has 0 fully saturated rings. The quantitative estimate of drug-likeness (QED) is 0.531. The number of fused-ring (bicyclic) bond motifs is 1. The summed E-state index contributed by atoms with van der Waals surface area (Å²) in [6, 6.07) is 5.96.